The highest BCUT2D eigenvalue weighted by Crippen LogP contribution is 2.29. The highest BCUT2D eigenvalue weighted by Gasteiger charge is 2.11. The zero-order valence-electron chi connectivity index (χ0n) is 9.93. The third kappa shape index (κ3) is 3.01. The molecule has 0 amide bonds. The number of halogens is 1. The fraction of sp³-hybridized carbons (Fsp3) is 0.0769. The molecule has 19 heavy (non-hydrogen) atoms. The summed E-state index contributed by atoms with van der Waals surface area (Å²) in [6, 6.07) is 8.41. The quantitative estimate of drug-likeness (QED) is 0.590. The molecule has 1 aromatic carbocycles. The number of nitrogens with one attached hydrogen (secondary N) is 1. The molecule has 0 unspecified atom stereocenters. The van der Waals surface area contributed by atoms with E-state index in [0.717, 1.165) is 5.56 Å². The van der Waals surface area contributed by atoms with E-state index in [1.165, 1.54) is 6.20 Å². The number of aromatic nitrogens is 1. The molecule has 1 aromatic heterocycles. The Bertz CT molecular complexity index is 599. The summed E-state index contributed by atoms with van der Waals surface area (Å²) in [5.41, 5.74) is 6.56. The molecule has 2 aromatic rings. The molecular formula is C13H12ClN3O2. The maximum Gasteiger partial charge on any atom is 0.238 e. The number of amidine groups is 1. The molecule has 0 aliphatic carbocycles. The zero-order chi connectivity index (χ0) is 13.8. The first-order valence-corrected chi connectivity index (χ1v) is 5.86. The summed E-state index contributed by atoms with van der Waals surface area (Å²) in [7, 11) is 0. The van der Waals surface area contributed by atoms with Crippen molar-refractivity contribution < 1.29 is 9.84 Å². The lowest BCUT2D eigenvalue weighted by Crippen LogP contribution is -2.12. The van der Waals surface area contributed by atoms with Crippen LogP contribution in [0.25, 0.3) is 0 Å². The Hall–Kier alpha value is -2.11. The average molecular weight is 278 g/mol. The largest absolute Gasteiger partial charge is 0.438 e. The van der Waals surface area contributed by atoms with Gasteiger partial charge in [-0.05, 0) is 23.8 Å². The number of aliphatic hydroxyl groups is 1. The van der Waals surface area contributed by atoms with Crippen molar-refractivity contribution in [3.63, 3.8) is 0 Å². The van der Waals surface area contributed by atoms with E-state index in [1.807, 2.05) is 0 Å². The highest BCUT2D eigenvalue weighted by molar-refractivity contribution is 6.35. The lowest BCUT2D eigenvalue weighted by molar-refractivity contribution is 0.281. The molecule has 4 N–H and O–H groups in total. The van der Waals surface area contributed by atoms with Crippen molar-refractivity contribution in [2.75, 3.05) is 0 Å². The third-order valence-electron chi connectivity index (χ3n) is 2.47. The van der Waals surface area contributed by atoms with Crippen LogP contribution in [-0.4, -0.2) is 15.9 Å². The Kier molecular flexibility index (Phi) is 3.99. The van der Waals surface area contributed by atoms with Crippen LogP contribution in [0.2, 0.25) is 5.02 Å². The van der Waals surface area contributed by atoms with Gasteiger partial charge in [-0.1, -0.05) is 23.7 Å². The standard InChI is InChI=1S/C13H12ClN3O2/c14-11-10(12(15)16)5-6-17-13(11)19-9-3-1-8(7-18)2-4-9/h1-6,18H,7H2,(H3,15,16). The van der Waals surface area contributed by atoms with Gasteiger partial charge >= 0.3 is 0 Å². The third-order valence-corrected chi connectivity index (χ3v) is 2.83. The van der Waals surface area contributed by atoms with Gasteiger partial charge in [-0.3, -0.25) is 5.41 Å². The number of aliphatic hydroxyl groups excluding tert-OH is 1. The van der Waals surface area contributed by atoms with Gasteiger partial charge in [-0.15, -0.1) is 0 Å². The van der Waals surface area contributed by atoms with Gasteiger partial charge in [0.2, 0.25) is 5.88 Å². The molecule has 2 rings (SSSR count). The van der Waals surface area contributed by atoms with Crippen molar-refractivity contribution in [3.05, 3.63) is 52.7 Å². The number of nitrogen functional groups attached to an aromatic ring is 1. The SMILES string of the molecule is N=C(N)c1ccnc(Oc2ccc(CO)cc2)c1Cl. The first-order valence-electron chi connectivity index (χ1n) is 5.48. The summed E-state index contributed by atoms with van der Waals surface area (Å²) in [6.45, 7) is -0.0287. The van der Waals surface area contributed by atoms with Crippen LogP contribution in [0.4, 0.5) is 0 Å². The molecule has 0 saturated heterocycles. The maximum absolute atomic E-state index is 8.95. The van der Waals surface area contributed by atoms with Crippen molar-refractivity contribution in [1.82, 2.24) is 4.98 Å². The van der Waals surface area contributed by atoms with E-state index in [0.29, 0.717) is 11.3 Å². The summed E-state index contributed by atoms with van der Waals surface area (Å²) in [5, 5.41) is 16.5. The van der Waals surface area contributed by atoms with Gasteiger partial charge in [0.25, 0.3) is 0 Å². The van der Waals surface area contributed by atoms with Crippen molar-refractivity contribution in [2.45, 2.75) is 6.61 Å². The number of hydrogen-bond acceptors (Lipinski definition) is 4. The fourth-order valence-corrected chi connectivity index (χ4v) is 1.73. The Balaban J connectivity index is 2.27. The summed E-state index contributed by atoms with van der Waals surface area (Å²) in [6.07, 6.45) is 1.47. The maximum atomic E-state index is 8.95. The van der Waals surface area contributed by atoms with Crippen molar-refractivity contribution in [3.8, 4) is 11.6 Å². The monoisotopic (exact) mass is 277 g/mol. The lowest BCUT2D eigenvalue weighted by atomic mass is 10.2. The Morgan fingerprint density at radius 1 is 1.32 bits per heavy atom. The molecular weight excluding hydrogens is 266 g/mol. The van der Waals surface area contributed by atoms with E-state index in [4.69, 9.17) is 32.6 Å². The summed E-state index contributed by atoms with van der Waals surface area (Å²) in [4.78, 5) is 4.00. The smallest absolute Gasteiger partial charge is 0.238 e. The number of ether oxygens (including phenoxy) is 1. The molecule has 0 aliphatic rings. The van der Waals surface area contributed by atoms with Crippen LogP contribution < -0.4 is 10.5 Å². The Morgan fingerprint density at radius 3 is 2.58 bits per heavy atom. The summed E-state index contributed by atoms with van der Waals surface area (Å²) >= 11 is 6.06. The van der Waals surface area contributed by atoms with Crippen molar-refractivity contribution in [2.24, 2.45) is 5.73 Å². The Labute approximate surface area is 115 Å². The Morgan fingerprint density at radius 2 is 2.00 bits per heavy atom. The number of nitrogens with zero attached hydrogens (tertiary/aromatic N) is 1. The van der Waals surface area contributed by atoms with Gasteiger partial charge in [0.05, 0.1) is 6.61 Å². The van der Waals surface area contributed by atoms with Gasteiger partial charge in [0.1, 0.15) is 16.6 Å². The van der Waals surface area contributed by atoms with Crippen LogP contribution in [0.15, 0.2) is 36.5 Å². The van der Waals surface area contributed by atoms with Gasteiger partial charge in [-0.25, -0.2) is 4.98 Å². The van der Waals surface area contributed by atoms with Crippen LogP contribution >= 0.6 is 11.6 Å². The van der Waals surface area contributed by atoms with E-state index >= 15 is 0 Å². The second-order valence-corrected chi connectivity index (χ2v) is 4.17. The molecule has 0 fully saturated rings. The summed E-state index contributed by atoms with van der Waals surface area (Å²) in [5.74, 6) is 0.575. The number of benzene rings is 1. The van der Waals surface area contributed by atoms with Crippen LogP contribution in [-0.2, 0) is 6.61 Å². The molecule has 0 spiro atoms. The normalized spacial score (nSPS) is 10.2. The minimum Gasteiger partial charge on any atom is -0.438 e. The van der Waals surface area contributed by atoms with E-state index in [-0.39, 0.29) is 23.3 Å². The predicted molar refractivity (Wildman–Crippen MR) is 72.7 cm³/mol. The number of nitrogens with two attached hydrogens (primary N) is 1. The fourth-order valence-electron chi connectivity index (χ4n) is 1.48. The second kappa shape index (κ2) is 5.69. The minimum atomic E-state index is -0.145. The van der Waals surface area contributed by atoms with Crippen LogP contribution in [0.3, 0.4) is 0 Å². The molecule has 0 bridgehead atoms. The van der Waals surface area contributed by atoms with Crippen LogP contribution in [0.1, 0.15) is 11.1 Å². The van der Waals surface area contributed by atoms with Crippen LogP contribution in [0.5, 0.6) is 11.6 Å². The number of hydrogen-bond donors (Lipinski definition) is 3. The number of pyridine rings is 1. The molecule has 1 heterocycles. The molecule has 5 nitrogen and oxygen atoms in total. The van der Waals surface area contributed by atoms with Gasteiger partial charge in [0.15, 0.2) is 0 Å². The molecule has 0 radical (unpaired) electrons. The van der Waals surface area contributed by atoms with E-state index in [9.17, 15) is 0 Å². The van der Waals surface area contributed by atoms with E-state index < -0.39 is 0 Å². The topological polar surface area (TPSA) is 92.2 Å². The van der Waals surface area contributed by atoms with E-state index in [2.05, 4.69) is 4.98 Å². The zero-order valence-corrected chi connectivity index (χ0v) is 10.7. The second-order valence-electron chi connectivity index (χ2n) is 3.80. The van der Waals surface area contributed by atoms with Crippen LogP contribution in [0, 0.1) is 5.41 Å². The van der Waals surface area contributed by atoms with Gasteiger partial charge < -0.3 is 15.6 Å². The average Bonchev–Trinajstić information content (AvgIpc) is 2.41. The highest BCUT2D eigenvalue weighted by atomic mass is 35.5. The molecule has 0 aliphatic heterocycles. The predicted octanol–water partition coefficient (Wildman–Crippen LogP) is 2.30. The van der Waals surface area contributed by atoms with Crippen molar-refractivity contribution >= 4 is 17.4 Å². The molecule has 0 saturated carbocycles. The first kappa shape index (κ1) is 13.3. The molecule has 98 valence electrons. The van der Waals surface area contributed by atoms with Gasteiger partial charge in [0, 0.05) is 11.8 Å². The first-order chi connectivity index (χ1) is 9.11. The lowest BCUT2D eigenvalue weighted by Gasteiger charge is -2.09. The molecule has 6 heteroatoms. The van der Waals surface area contributed by atoms with E-state index in [1.54, 1.807) is 30.3 Å². The number of rotatable bonds is 4. The molecule has 0 atom stereocenters. The summed E-state index contributed by atoms with van der Waals surface area (Å²) < 4.78 is 5.52. The minimum absolute atomic E-state index is 0.0287. The van der Waals surface area contributed by atoms with Crippen molar-refractivity contribution in [1.29, 1.82) is 5.41 Å². The van der Waals surface area contributed by atoms with Gasteiger partial charge in [-0.2, -0.15) is 0 Å².